The van der Waals surface area contributed by atoms with E-state index in [-0.39, 0.29) is 30.5 Å². The van der Waals surface area contributed by atoms with Crippen molar-refractivity contribution in [3.05, 3.63) is 48.4 Å². The van der Waals surface area contributed by atoms with E-state index >= 15 is 0 Å². The Morgan fingerprint density at radius 3 is 2.75 bits per heavy atom. The monoisotopic (exact) mass is 515 g/mol. The van der Waals surface area contributed by atoms with E-state index in [1.165, 1.54) is 4.70 Å². The molecule has 1 unspecified atom stereocenters. The smallest absolute Gasteiger partial charge is 0.191 e. The van der Waals surface area contributed by atoms with Gasteiger partial charge in [0.05, 0.1) is 23.0 Å². The van der Waals surface area contributed by atoms with E-state index in [1.54, 1.807) is 36.7 Å². The number of aliphatic hydroxyl groups is 1. The van der Waals surface area contributed by atoms with Crippen molar-refractivity contribution < 1.29 is 9.52 Å². The quantitative estimate of drug-likeness (QED) is 0.159. The second kappa shape index (κ2) is 10.6. The summed E-state index contributed by atoms with van der Waals surface area (Å²) in [5, 5.41) is 21.2. The van der Waals surface area contributed by atoms with Crippen LogP contribution in [0.5, 0.6) is 0 Å². The second-order valence-electron chi connectivity index (χ2n) is 6.29. The van der Waals surface area contributed by atoms with Gasteiger partial charge in [-0.2, -0.15) is 0 Å². The van der Waals surface area contributed by atoms with Gasteiger partial charge in [-0.15, -0.1) is 24.0 Å². The number of thiazole rings is 1. The average molecular weight is 515 g/mol. The Labute approximate surface area is 185 Å². The number of halogens is 1. The number of guanidine groups is 1. The van der Waals surface area contributed by atoms with Crippen molar-refractivity contribution in [3.8, 4) is 0 Å². The van der Waals surface area contributed by atoms with Gasteiger partial charge in [-0.1, -0.05) is 23.5 Å². The van der Waals surface area contributed by atoms with Crippen molar-refractivity contribution in [2.45, 2.75) is 19.4 Å². The lowest BCUT2D eigenvalue weighted by Gasteiger charge is -2.19. The van der Waals surface area contributed by atoms with Gasteiger partial charge in [0.25, 0.3) is 0 Å². The number of fused-ring (bicyclic) bond motifs is 1. The van der Waals surface area contributed by atoms with Gasteiger partial charge in [-0.25, -0.2) is 9.98 Å². The Morgan fingerprint density at radius 1 is 1.21 bits per heavy atom. The summed E-state index contributed by atoms with van der Waals surface area (Å²) in [4.78, 5) is 9.02. The summed E-state index contributed by atoms with van der Waals surface area (Å²) < 4.78 is 6.46. The zero-order valence-corrected chi connectivity index (χ0v) is 19.1. The van der Waals surface area contributed by atoms with Crippen LogP contribution < -0.4 is 16.0 Å². The molecule has 0 bridgehead atoms. The summed E-state index contributed by atoms with van der Waals surface area (Å²) in [6, 6.07) is 11.6. The number of aliphatic imine (C=N–C) groups is 1. The summed E-state index contributed by atoms with van der Waals surface area (Å²) >= 11 is 1.64. The van der Waals surface area contributed by atoms with Crippen molar-refractivity contribution in [2.24, 2.45) is 4.99 Å². The van der Waals surface area contributed by atoms with Crippen LogP contribution in [-0.4, -0.2) is 42.2 Å². The number of nitrogens with one attached hydrogen (secondary N) is 3. The molecule has 4 N–H and O–H groups in total. The second-order valence-corrected chi connectivity index (χ2v) is 7.32. The molecule has 0 radical (unpaired) electrons. The van der Waals surface area contributed by atoms with Gasteiger partial charge in [0.2, 0.25) is 0 Å². The zero-order valence-electron chi connectivity index (χ0n) is 15.9. The minimum Gasteiger partial charge on any atom is -0.466 e. The summed E-state index contributed by atoms with van der Waals surface area (Å²) in [7, 11) is 0. The summed E-state index contributed by atoms with van der Waals surface area (Å²) in [5.74, 6) is 1.15. The standard InChI is InChI=1S/C19H25N5O2S.HI/c1-3-20-17(23-13-19(2,25)16-9-6-12-26-16)21-10-11-22-18-24-14-7-4-5-8-15(14)27-18;/h4-9,12,25H,3,10-11,13H2,1-2H3,(H,22,24)(H2,20,21,23);1H. The first-order valence-electron chi connectivity index (χ1n) is 8.96. The maximum Gasteiger partial charge on any atom is 0.191 e. The molecule has 9 heteroatoms. The first-order valence-corrected chi connectivity index (χ1v) is 9.78. The summed E-state index contributed by atoms with van der Waals surface area (Å²) in [5.41, 5.74) is -0.140. The minimum absolute atomic E-state index is 0. The lowest BCUT2D eigenvalue weighted by atomic mass is 10.0. The van der Waals surface area contributed by atoms with Gasteiger partial charge in [0.1, 0.15) is 11.4 Å². The Bertz CT molecular complexity index is 846. The van der Waals surface area contributed by atoms with Crippen molar-refractivity contribution in [1.82, 2.24) is 15.6 Å². The largest absolute Gasteiger partial charge is 0.466 e. The number of furan rings is 1. The maximum atomic E-state index is 10.5. The Kier molecular flexibility index (Phi) is 8.52. The van der Waals surface area contributed by atoms with E-state index < -0.39 is 5.60 Å². The Hall–Kier alpha value is -1.85. The third kappa shape index (κ3) is 6.08. The molecule has 0 spiro atoms. The van der Waals surface area contributed by atoms with Gasteiger partial charge < -0.3 is 25.5 Å². The molecule has 3 rings (SSSR count). The molecule has 2 heterocycles. The average Bonchev–Trinajstić information content (AvgIpc) is 3.32. The Balaban J connectivity index is 0.00000280. The fourth-order valence-corrected chi connectivity index (χ4v) is 3.43. The van der Waals surface area contributed by atoms with E-state index in [0.29, 0.717) is 24.8 Å². The van der Waals surface area contributed by atoms with Crippen LogP contribution in [0.15, 0.2) is 52.1 Å². The highest BCUT2D eigenvalue weighted by molar-refractivity contribution is 14.0. The van der Waals surface area contributed by atoms with Crippen molar-refractivity contribution in [2.75, 3.05) is 31.5 Å². The molecule has 0 aliphatic heterocycles. The van der Waals surface area contributed by atoms with Crippen molar-refractivity contribution in [1.29, 1.82) is 0 Å². The highest BCUT2D eigenvalue weighted by atomic mass is 127. The lowest BCUT2D eigenvalue weighted by Crippen LogP contribution is -2.40. The van der Waals surface area contributed by atoms with Gasteiger partial charge in [-0.3, -0.25) is 0 Å². The molecule has 0 fully saturated rings. The van der Waals surface area contributed by atoms with Gasteiger partial charge in [0, 0.05) is 19.6 Å². The molecule has 2 aromatic heterocycles. The molecule has 3 aromatic rings. The highest BCUT2D eigenvalue weighted by Gasteiger charge is 2.26. The van der Waals surface area contributed by atoms with Crippen LogP contribution in [0, 0.1) is 0 Å². The number of para-hydroxylation sites is 1. The molecule has 1 aromatic carbocycles. The maximum absolute atomic E-state index is 10.5. The first kappa shape index (κ1) is 22.4. The predicted molar refractivity (Wildman–Crippen MR) is 126 cm³/mol. The van der Waals surface area contributed by atoms with E-state index in [1.807, 2.05) is 25.1 Å². The van der Waals surface area contributed by atoms with Crippen LogP contribution >= 0.6 is 35.3 Å². The number of rotatable bonds is 8. The van der Waals surface area contributed by atoms with Crippen LogP contribution in [0.3, 0.4) is 0 Å². The lowest BCUT2D eigenvalue weighted by molar-refractivity contribution is 0.0437. The summed E-state index contributed by atoms with van der Waals surface area (Å²) in [6.45, 7) is 6.00. The zero-order chi connectivity index (χ0) is 19.1. The molecule has 28 heavy (non-hydrogen) atoms. The molecule has 0 saturated heterocycles. The first-order chi connectivity index (χ1) is 13.1. The molecular formula is C19H26IN5O2S. The highest BCUT2D eigenvalue weighted by Crippen LogP contribution is 2.25. The number of anilines is 1. The molecule has 0 aliphatic rings. The molecule has 7 nitrogen and oxygen atoms in total. The Morgan fingerprint density at radius 2 is 2.04 bits per heavy atom. The van der Waals surface area contributed by atoms with Crippen molar-refractivity contribution >= 4 is 56.6 Å². The van der Waals surface area contributed by atoms with E-state index in [9.17, 15) is 5.11 Å². The fourth-order valence-electron chi connectivity index (χ4n) is 2.54. The minimum atomic E-state index is -1.15. The predicted octanol–water partition coefficient (Wildman–Crippen LogP) is 3.38. The van der Waals surface area contributed by atoms with Crippen molar-refractivity contribution in [3.63, 3.8) is 0 Å². The SMILES string of the molecule is CCNC(=NCC(C)(O)c1ccco1)NCCNc1nc2ccccc2s1.I. The molecular weight excluding hydrogens is 489 g/mol. The molecule has 0 aliphatic carbocycles. The molecule has 1 atom stereocenters. The van der Waals surface area contributed by atoms with Crippen LogP contribution in [-0.2, 0) is 5.60 Å². The van der Waals surface area contributed by atoms with Crippen LogP contribution in [0.4, 0.5) is 5.13 Å². The number of benzene rings is 1. The summed E-state index contributed by atoms with van der Waals surface area (Å²) in [6.07, 6.45) is 1.55. The molecule has 152 valence electrons. The van der Waals surface area contributed by atoms with Gasteiger partial charge in [0.15, 0.2) is 11.1 Å². The number of nitrogens with zero attached hydrogens (tertiary/aromatic N) is 2. The number of hydrogen-bond acceptors (Lipinski definition) is 6. The molecule has 0 amide bonds. The van der Waals surface area contributed by atoms with E-state index in [0.717, 1.165) is 17.2 Å². The van der Waals surface area contributed by atoms with Crippen LogP contribution in [0.2, 0.25) is 0 Å². The van der Waals surface area contributed by atoms with Gasteiger partial charge in [-0.05, 0) is 38.1 Å². The van der Waals surface area contributed by atoms with Crippen LogP contribution in [0.25, 0.3) is 10.2 Å². The third-order valence-corrected chi connectivity index (χ3v) is 4.92. The molecule has 0 saturated carbocycles. The topological polar surface area (TPSA) is 94.7 Å². The van der Waals surface area contributed by atoms with Crippen LogP contribution in [0.1, 0.15) is 19.6 Å². The van der Waals surface area contributed by atoms with E-state index in [2.05, 4.69) is 32.0 Å². The normalized spacial score (nSPS) is 13.6. The number of hydrogen-bond donors (Lipinski definition) is 4. The van der Waals surface area contributed by atoms with E-state index in [4.69, 9.17) is 4.42 Å². The number of aromatic nitrogens is 1. The third-order valence-electron chi connectivity index (χ3n) is 3.93. The fraction of sp³-hybridized carbons (Fsp3) is 0.368. The van der Waals surface area contributed by atoms with Gasteiger partial charge >= 0.3 is 0 Å².